The Morgan fingerprint density at radius 3 is 2.50 bits per heavy atom. The first-order valence-corrected chi connectivity index (χ1v) is 3.23. The summed E-state index contributed by atoms with van der Waals surface area (Å²) in [5.41, 5.74) is 5.43. The molecule has 12 heavy (non-hydrogen) atoms. The summed E-state index contributed by atoms with van der Waals surface area (Å²) in [6.07, 6.45) is 1.06. The van der Waals surface area contributed by atoms with Crippen LogP contribution >= 0.6 is 0 Å². The van der Waals surface area contributed by atoms with Gasteiger partial charge in [-0.2, -0.15) is 0 Å². The molecule has 0 aliphatic rings. The van der Waals surface area contributed by atoms with Crippen LogP contribution in [0.25, 0.3) is 0 Å². The Morgan fingerprint density at radius 1 is 1.50 bits per heavy atom. The fourth-order valence-corrected chi connectivity index (χ4v) is 0.437. The summed E-state index contributed by atoms with van der Waals surface area (Å²) in [4.78, 5) is 20.8. The molecule has 0 atom stereocenters. The molecule has 0 bridgehead atoms. The van der Waals surface area contributed by atoms with Crippen LogP contribution in [0.2, 0.25) is 0 Å². The van der Waals surface area contributed by atoms with E-state index in [2.05, 4.69) is 9.47 Å². The van der Waals surface area contributed by atoms with Gasteiger partial charge in [-0.25, -0.2) is 4.79 Å². The second-order valence-corrected chi connectivity index (χ2v) is 2.02. The molecule has 0 fully saturated rings. The van der Waals surface area contributed by atoms with Gasteiger partial charge in [-0.05, 0) is 0 Å². The van der Waals surface area contributed by atoms with Crippen molar-refractivity contribution in [1.82, 2.24) is 0 Å². The zero-order chi connectivity index (χ0) is 9.56. The van der Waals surface area contributed by atoms with Crippen LogP contribution in [0.15, 0.2) is 11.8 Å². The first kappa shape index (κ1) is 10.5. The van der Waals surface area contributed by atoms with Gasteiger partial charge in [-0.15, -0.1) is 0 Å². The van der Waals surface area contributed by atoms with E-state index in [4.69, 9.17) is 5.73 Å². The summed E-state index contributed by atoms with van der Waals surface area (Å²) < 4.78 is 8.80. The minimum atomic E-state index is -0.570. The lowest BCUT2D eigenvalue weighted by atomic mass is 10.4. The fraction of sp³-hybridized carbons (Fsp3) is 0.429. The summed E-state index contributed by atoms with van der Waals surface area (Å²) in [5, 5.41) is 0. The van der Waals surface area contributed by atoms with Crippen molar-refractivity contribution >= 4 is 11.9 Å². The van der Waals surface area contributed by atoms with E-state index >= 15 is 0 Å². The Balaban J connectivity index is 3.85. The maximum Gasteiger partial charge on any atom is 0.332 e. The average Bonchev–Trinajstić information content (AvgIpc) is 2.00. The van der Waals surface area contributed by atoms with E-state index in [0.29, 0.717) is 0 Å². The Hall–Kier alpha value is -1.52. The summed E-state index contributed by atoms with van der Waals surface area (Å²) in [6.45, 7) is 1.16. The molecule has 2 N–H and O–H groups in total. The number of hydrogen-bond donors (Lipinski definition) is 1. The van der Waals surface area contributed by atoms with E-state index in [9.17, 15) is 9.59 Å². The second kappa shape index (κ2) is 5.17. The van der Waals surface area contributed by atoms with Crippen LogP contribution in [0.3, 0.4) is 0 Å². The van der Waals surface area contributed by atoms with Gasteiger partial charge in [0.15, 0.2) is 0 Å². The van der Waals surface area contributed by atoms with Crippen molar-refractivity contribution in [2.45, 2.75) is 6.92 Å². The average molecular weight is 173 g/mol. The van der Waals surface area contributed by atoms with Crippen LogP contribution in [0.1, 0.15) is 6.92 Å². The maximum absolute atomic E-state index is 10.5. The number of rotatable bonds is 3. The van der Waals surface area contributed by atoms with Crippen molar-refractivity contribution in [2.75, 3.05) is 13.7 Å². The van der Waals surface area contributed by atoms with E-state index in [1.54, 1.807) is 0 Å². The standard InChI is InChI=1S/C7H11NO4/c1-5(9)12-4-6(8)3-7(10)11-2/h3H,4,8H2,1-2H3/b6-3-. The molecule has 0 aliphatic heterocycles. The molecule has 0 saturated heterocycles. The first-order chi connectivity index (χ1) is 5.56. The van der Waals surface area contributed by atoms with Crippen molar-refractivity contribution in [3.05, 3.63) is 11.8 Å². The van der Waals surface area contributed by atoms with Gasteiger partial charge >= 0.3 is 11.9 Å². The Labute approximate surface area is 70.1 Å². The Morgan fingerprint density at radius 2 is 2.08 bits per heavy atom. The van der Waals surface area contributed by atoms with Crippen molar-refractivity contribution in [2.24, 2.45) is 5.73 Å². The molecule has 0 amide bonds. The minimum absolute atomic E-state index is 0.0928. The number of hydrogen-bond acceptors (Lipinski definition) is 5. The van der Waals surface area contributed by atoms with Crippen LogP contribution in [0.5, 0.6) is 0 Å². The summed E-state index contributed by atoms with van der Waals surface area (Å²) >= 11 is 0. The molecule has 0 aromatic rings. The molecule has 0 spiro atoms. The van der Waals surface area contributed by atoms with E-state index in [1.165, 1.54) is 14.0 Å². The van der Waals surface area contributed by atoms with E-state index in [0.717, 1.165) is 6.08 Å². The smallest absolute Gasteiger partial charge is 0.332 e. The molecule has 0 radical (unpaired) electrons. The molecular formula is C7H11NO4. The van der Waals surface area contributed by atoms with Crippen LogP contribution in [-0.2, 0) is 19.1 Å². The summed E-state index contributed by atoms with van der Waals surface area (Å²) in [5.74, 6) is -1.02. The van der Waals surface area contributed by atoms with Gasteiger partial charge in [0.25, 0.3) is 0 Å². The number of carbonyl (C=O) groups excluding carboxylic acids is 2. The van der Waals surface area contributed by atoms with Crippen LogP contribution < -0.4 is 5.73 Å². The molecule has 5 nitrogen and oxygen atoms in total. The maximum atomic E-state index is 10.5. The molecule has 0 heterocycles. The third kappa shape index (κ3) is 5.28. The third-order valence-corrected chi connectivity index (χ3v) is 0.947. The quantitative estimate of drug-likeness (QED) is 0.462. The van der Waals surface area contributed by atoms with Gasteiger partial charge in [0.05, 0.1) is 12.8 Å². The number of ether oxygens (including phenoxy) is 2. The number of carbonyl (C=O) groups is 2. The van der Waals surface area contributed by atoms with Gasteiger partial charge in [0, 0.05) is 13.0 Å². The highest BCUT2D eigenvalue weighted by Crippen LogP contribution is 1.88. The number of esters is 2. The molecule has 0 aromatic carbocycles. The number of methoxy groups -OCH3 is 1. The molecule has 0 aliphatic carbocycles. The predicted molar refractivity (Wildman–Crippen MR) is 40.9 cm³/mol. The zero-order valence-electron chi connectivity index (χ0n) is 6.99. The van der Waals surface area contributed by atoms with Crippen LogP contribution in [-0.4, -0.2) is 25.7 Å². The first-order valence-electron chi connectivity index (χ1n) is 3.23. The van der Waals surface area contributed by atoms with Crippen molar-refractivity contribution in [3.8, 4) is 0 Å². The molecule has 0 saturated carbocycles. The molecule has 0 rings (SSSR count). The minimum Gasteiger partial charge on any atom is -0.466 e. The van der Waals surface area contributed by atoms with Gasteiger partial charge in [0.2, 0.25) is 0 Å². The lowest BCUT2D eigenvalue weighted by Gasteiger charge is -2.00. The SMILES string of the molecule is COC(=O)/C=C(\N)COC(C)=O. The Bertz CT molecular complexity index is 209. The molecule has 0 unspecified atom stereocenters. The predicted octanol–water partition coefficient (Wildman–Crippen LogP) is -0.435. The number of nitrogens with two attached hydrogens (primary N) is 1. The van der Waals surface area contributed by atoms with Crippen LogP contribution in [0.4, 0.5) is 0 Å². The van der Waals surface area contributed by atoms with Gasteiger partial charge in [-0.1, -0.05) is 0 Å². The highest BCUT2D eigenvalue weighted by Gasteiger charge is 1.98. The van der Waals surface area contributed by atoms with Crippen molar-refractivity contribution in [3.63, 3.8) is 0 Å². The van der Waals surface area contributed by atoms with Gasteiger partial charge in [-0.3, -0.25) is 4.79 Å². The van der Waals surface area contributed by atoms with Crippen molar-refractivity contribution < 1.29 is 19.1 Å². The fourth-order valence-electron chi connectivity index (χ4n) is 0.437. The summed E-state index contributed by atoms with van der Waals surface area (Å²) in [6, 6.07) is 0. The van der Waals surface area contributed by atoms with Crippen molar-refractivity contribution in [1.29, 1.82) is 0 Å². The third-order valence-electron chi connectivity index (χ3n) is 0.947. The van der Waals surface area contributed by atoms with Gasteiger partial charge < -0.3 is 15.2 Å². The van der Waals surface area contributed by atoms with E-state index in [-0.39, 0.29) is 12.3 Å². The molecule has 68 valence electrons. The lowest BCUT2D eigenvalue weighted by molar-refractivity contribution is -0.140. The topological polar surface area (TPSA) is 78.6 Å². The lowest BCUT2D eigenvalue weighted by Crippen LogP contribution is -2.12. The largest absolute Gasteiger partial charge is 0.466 e. The monoisotopic (exact) mass is 173 g/mol. The van der Waals surface area contributed by atoms with Crippen LogP contribution in [0, 0.1) is 0 Å². The Kier molecular flexibility index (Phi) is 4.52. The molecule has 5 heteroatoms. The molecule has 0 aromatic heterocycles. The normalized spacial score (nSPS) is 10.7. The summed E-state index contributed by atoms with van der Waals surface area (Å²) in [7, 11) is 1.23. The highest BCUT2D eigenvalue weighted by molar-refractivity contribution is 5.82. The zero-order valence-corrected chi connectivity index (χ0v) is 6.99. The molecular weight excluding hydrogens is 162 g/mol. The van der Waals surface area contributed by atoms with E-state index in [1.807, 2.05) is 0 Å². The van der Waals surface area contributed by atoms with E-state index < -0.39 is 11.9 Å². The highest BCUT2D eigenvalue weighted by atomic mass is 16.5. The second-order valence-electron chi connectivity index (χ2n) is 2.02. The van der Waals surface area contributed by atoms with Gasteiger partial charge in [0.1, 0.15) is 6.61 Å².